The Labute approximate surface area is 104 Å². The van der Waals surface area contributed by atoms with Crippen molar-refractivity contribution >= 4 is 27.4 Å². The van der Waals surface area contributed by atoms with Gasteiger partial charge in [-0.25, -0.2) is 9.18 Å². The number of nitrogens with one attached hydrogen (secondary N) is 1. The summed E-state index contributed by atoms with van der Waals surface area (Å²) in [5.41, 5.74) is 4.86. The molecular weight excluding hydrogens is 255 g/mol. The summed E-state index contributed by atoms with van der Waals surface area (Å²) in [5, 5.41) is 0.884. The van der Waals surface area contributed by atoms with Crippen molar-refractivity contribution in [2.75, 3.05) is 5.73 Å². The topological polar surface area (TPSA) is 84.7 Å². The molecule has 0 unspecified atom stereocenters. The lowest BCUT2D eigenvalue weighted by Crippen LogP contribution is -2.15. The predicted molar refractivity (Wildman–Crippen MR) is 67.8 cm³/mol. The van der Waals surface area contributed by atoms with Crippen LogP contribution in [0.3, 0.4) is 0 Å². The second-order valence-electron chi connectivity index (χ2n) is 3.65. The van der Waals surface area contributed by atoms with Gasteiger partial charge in [0.25, 0.3) is 0 Å². The summed E-state index contributed by atoms with van der Waals surface area (Å²) in [6.07, 6.45) is 0. The molecule has 0 saturated heterocycles. The standard InChI is InChI=1S/C11H7FN4OS/c12-6-2-1-5-3-8(18-7(5)4-6)9-14-10(13)16-11(17)15-9/h1-4H,(H3,13,14,15,16,17). The number of thiophene rings is 1. The number of aromatic amines is 1. The number of rotatable bonds is 1. The molecule has 3 aromatic rings. The average Bonchev–Trinajstić information content (AvgIpc) is 2.70. The molecule has 0 amide bonds. The number of halogens is 1. The molecule has 3 N–H and O–H groups in total. The van der Waals surface area contributed by atoms with E-state index in [1.54, 1.807) is 6.07 Å². The molecule has 0 aliphatic heterocycles. The van der Waals surface area contributed by atoms with Gasteiger partial charge in [-0.2, -0.15) is 9.97 Å². The van der Waals surface area contributed by atoms with Crippen LogP contribution in [0.2, 0.25) is 0 Å². The second kappa shape index (κ2) is 3.88. The van der Waals surface area contributed by atoms with Gasteiger partial charge >= 0.3 is 5.69 Å². The fraction of sp³-hybridized carbons (Fsp3) is 0. The SMILES string of the molecule is Nc1nc(-c2cc3ccc(F)cc3s2)[nH]c(=O)n1. The Bertz CT molecular complexity index is 795. The summed E-state index contributed by atoms with van der Waals surface area (Å²) in [6, 6.07) is 6.31. The molecule has 2 aromatic heterocycles. The zero-order chi connectivity index (χ0) is 12.7. The smallest absolute Gasteiger partial charge is 0.349 e. The number of fused-ring (bicyclic) bond motifs is 1. The third kappa shape index (κ3) is 1.84. The molecule has 0 bridgehead atoms. The maximum absolute atomic E-state index is 13.1. The first-order valence-corrected chi connectivity index (χ1v) is 5.87. The number of aromatic nitrogens is 3. The number of nitrogens with zero attached hydrogens (tertiary/aromatic N) is 2. The number of benzene rings is 1. The highest BCUT2D eigenvalue weighted by atomic mass is 32.1. The minimum atomic E-state index is -0.555. The van der Waals surface area contributed by atoms with Crippen LogP contribution in [0.25, 0.3) is 20.8 Å². The van der Waals surface area contributed by atoms with Crippen LogP contribution in [0.15, 0.2) is 29.1 Å². The fourth-order valence-corrected chi connectivity index (χ4v) is 2.67. The van der Waals surface area contributed by atoms with Crippen molar-refractivity contribution in [3.05, 3.63) is 40.6 Å². The molecule has 7 heteroatoms. The number of anilines is 1. The molecule has 0 fully saturated rings. The van der Waals surface area contributed by atoms with Crippen LogP contribution in [0.5, 0.6) is 0 Å². The Hall–Kier alpha value is -2.28. The van der Waals surface area contributed by atoms with Crippen LogP contribution in [0, 0.1) is 5.82 Å². The number of hydrogen-bond acceptors (Lipinski definition) is 5. The van der Waals surface area contributed by atoms with Crippen LogP contribution >= 0.6 is 11.3 Å². The highest BCUT2D eigenvalue weighted by Gasteiger charge is 2.08. The van der Waals surface area contributed by atoms with Crippen molar-refractivity contribution in [3.8, 4) is 10.7 Å². The van der Waals surface area contributed by atoms with Crippen LogP contribution in [0.4, 0.5) is 10.3 Å². The van der Waals surface area contributed by atoms with Crippen LogP contribution in [-0.2, 0) is 0 Å². The Morgan fingerprint density at radius 1 is 1.28 bits per heavy atom. The monoisotopic (exact) mass is 262 g/mol. The zero-order valence-electron chi connectivity index (χ0n) is 8.98. The van der Waals surface area contributed by atoms with Gasteiger partial charge in [0.05, 0.1) is 4.88 Å². The van der Waals surface area contributed by atoms with Crippen molar-refractivity contribution in [1.82, 2.24) is 15.0 Å². The lowest BCUT2D eigenvalue weighted by Gasteiger charge is -1.95. The van der Waals surface area contributed by atoms with Gasteiger partial charge in [-0.1, -0.05) is 6.07 Å². The van der Waals surface area contributed by atoms with Gasteiger partial charge in [-0.3, -0.25) is 4.98 Å². The van der Waals surface area contributed by atoms with E-state index < -0.39 is 5.69 Å². The lowest BCUT2D eigenvalue weighted by atomic mass is 10.2. The van der Waals surface area contributed by atoms with E-state index in [2.05, 4.69) is 15.0 Å². The van der Waals surface area contributed by atoms with Gasteiger partial charge < -0.3 is 5.73 Å². The summed E-state index contributed by atoms with van der Waals surface area (Å²) < 4.78 is 13.9. The van der Waals surface area contributed by atoms with Crippen LogP contribution < -0.4 is 11.4 Å². The Morgan fingerprint density at radius 2 is 2.11 bits per heavy atom. The first-order chi connectivity index (χ1) is 8.61. The highest BCUT2D eigenvalue weighted by Crippen LogP contribution is 2.31. The molecular formula is C11H7FN4OS. The number of nitrogen functional groups attached to an aromatic ring is 1. The second-order valence-corrected chi connectivity index (χ2v) is 4.74. The van der Waals surface area contributed by atoms with E-state index in [1.165, 1.54) is 23.5 Å². The van der Waals surface area contributed by atoms with Gasteiger partial charge in [-0.15, -0.1) is 11.3 Å². The van der Waals surface area contributed by atoms with Gasteiger partial charge in [0.1, 0.15) is 5.82 Å². The average molecular weight is 262 g/mol. The molecule has 0 aliphatic carbocycles. The molecule has 2 heterocycles. The summed E-state index contributed by atoms with van der Waals surface area (Å²) in [4.78, 5) is 21.8. The van der Waals surface area contributed by atoms with Crippen molar-refractivity contribution in [2.24, 2.45) is 0 Å². The van der Waals surface area contributed by atoms with E-state index in [1.807, 2.05) is 6.07 Å². The molecule has 0 spiro atoms. The first-order valence-electron chi connectivity index (χ1n) is 5.05. The summed E-state index contributed by atoms with van der Waals surface area (Å²) in [7, 11) is 0. The third-order valence-electron chi connectivity index (χ3n) is 2.38. The lowest BCUT2D eigenvalue weighted by molar-refractivity contribution is 0.630. The highest BCUT2D eigenvalue weighted by molar-refractivity contribution is 7.22. The summed E-state index contributed by atoms with van der Waals surface area (Å²) in [5.74, 6) is -0.0434. The maximum atomic E-state index is 13.1. The molecule has 0 aliphatic rings. The van der Waals surface area contributed by atoms with Crippen molar-refractivity contribution < 1.29 is 4.39 Å². The van der Waals surface area contributed by atoms with E-state index in [9.17, 15) is 9.18 Å². The normalized spacial score (nSPS) is 10.9. The Balaban J connectivity index is 2.22. The molecule has 0 saturated carbocycles. The predicted octanol–water partition coefficient (Wildman–Crippen LogP) is 1.77. The molecule has 0 atom stereocenters. The molecule has 90 valence electrons. The van der Waals surface area contributed by atoms with E-state index in [0.717, 1.165) is 10.1 Å². The minimum absolute atomic E-state index is 0.0858. The maximum Gasteiger partial charge on any atom is 0.349 e. The zero-order valence-corrected chi connectivity index (χ0v) is 9.79. The Kier molecular flexibility index (Phi) is 2.34. The van der Waals surface area contributed by atoms with Gasteiger partial charge in [-0.05, 0) is 23.6 Å². The van der Waals surface area contributed by atoms with Gasteiger partial charge in [0.2, 0.25) is 5.95 Å². The van der Waals surface area contributed by atoms with E-state index in [0.29, 0.717) is 10.7 Å². The van der Waals surface area contributed by atoms with Crippen molar-refractivity contribution in [2.45, 2.75) is 0 Å². The minimum Gasteiger partial charge on any atom is -0.368 e. The molecule has 3 rings (SSSR count). The van der Waals surface area contributed by atoms with Gasteiger partial charge in [0.15, 0.2) is 5.82 Å². The molecule has 5 nitrogen and oxygen atoms in total. The largest absolute Gasteiger partial charge is 0.368 e. The third-order valence-corrected chi connectivity index (χ3v) is 3.49. The molecule has 0 radical (unpaired) electrons. The fourth-order valence-electron chi connectivity index (χ4n) is 1.64. The van der Waals surface area contributed by atoms with Gasteiger partial charge in [0, 0.05) is 4.70 Å². The number of H-pyrrole nitrogens is 1. The summed E-state index contributed by atoms with van der Waals surface area (Å²) in [6.45, 7) is 0. The molecule has 18 heavy (non-hydrogen) atoms. The Morgan fingerprint density at radius 3 is 2.89 bits per heavy atom. The van der Waals surface area contributed by atoms with Crippen molar-refractivity contribution in [3.63, 3.8) is 0 Å². The number of hydrogen-bond donors (Lipinski definition) is 2. The van der Waals surface area contributed by atoms with E-state index >= 15 is 0 Å². The van der Waals surface area contributed by atoms with Crippen LogP contribution in [0.1, 0.15) is 0 Å². The van der Waals surface area contributed by atoms with Crippen LogP contribution in [-0.4, -0.2) is 15.0 Å². The molecule has 1 aromatic carbocycles. The first kappa shape index (κ1) is 10.8. The number of nitrogens with two attached hydrogens (primary N) is 1. The van der Waals surface area contributed by atoms with E-state index in [-0.39, 0.29) is 11.8 Å². The summed E-state index contributed by atoms with van der Waals surface area (Å²) >= 11 is 1.33. The van der Waals surface area contributed by atoms with Crippen molar-refractivity contribution in [1.29, 1.82) is 0 Å². The van der Waals surface area contributed by atoms with E-state index in [4.69, 9.17) is 5.73 Å². The quantitative estimate of drug-likeness (QED) is 0.700.